The molecular weight excluding hydrogens is 164 g/mol. The van der Waals surface area contributed by atoms with Crippen LogP contribution in [-0.2, 0) is 9.53 Å². The zero-order valence-electron chi connectivity index (χ0n) is 9.09. The van der Waals surface area contributed by atoms with Crippen molar-refractivity contribution in [2.24, 2.45) is 5.41 Å². The first-order chi connectivity index (χ1) is 5.92. The molecule has 0 aliphatic rings. The highest BCUT2D eigenvalue weighted by atomic mass is 16.5. The van der Waals surface area contributed by atoms with Crippen molar-refractivity contribution >= 4 is 5.78 Å². The molecule has 0 aliphatic heterocycles. The van der Waals surface area contributed by atoms with Crippen LogP contribution in [0.5, 0.6) is 0 Å². The SMILES string of the molecule is CC(=O)CCOC/C=C/C(C)(C)C. The molecule has 0 atom stereocenters. The van der Waals surface area contributed by atoms with E-state index in [0.29, 0.717) is 19.6 Å². The lowest BCUT2D eigenvalue weighted by Crippen LogP contribution is -2.02. The lowest BCUT2D eigenvalue weighted by molar-refractivity contribution is -0.117. The van der Waals surface area contributed by atoms with Crippen LogP contribution >= 0.6 is 0 Å². The summed E-state index contributed by atoms with van der Waals surface area (Å²) in [5, 5.41) is 0. The summed E-state index contributed by atoms with van der Waals surface area (Å²) in [5.74, 6) is 0.180. The minimum absolute atomic E-state index is 0.180. The molecule has 0 aromatic heterocycles. The molecule has 0 aromatic rings. The van der Waals surface area contributed by atoms with Gasteiger partial charge in [0.1, 0.15) is 5.78 Å². The van der Waals surface area contributed by atoms with Gasteiger partial charge in [0.05, 0.1) is 13.2 Å². The molecule has 0 heterocycles. The van der Waals surface area contributed by atoms with Crippen molar-refractivity contribution in [2.75, 3.05) is 13.2 Å². The average molecular weight is 184 g/mol. The van der Waals surface area contributed by atoms with E-state index in [-0.39, 0.29) is 11.2 Å². The fourth-order valence-electron chi connectivity index (χ4n) is 0.769. The highest BCUT2D eigenvalue weighted by molar-refractivity contribution is 5.75. The van der Waals surface area contributed by atoms with E-state index in [1.165, 1.54) is 0 Å². The summed E-state index contributed by atoms with van der Waals surface area (Å²) in [5.41, 5.74) is 0.212. The molecule has 0 unspecified atom stereocenters. The first-order valence-corrected chi connectivity index (χ1v) is 4.67. The second-order valence-corrected chi connectivity index (χ2v) is 4.30. The number of Topliss-reactive ketones (excluding diaryl/α,β-unsaturated/α-hetero) is 1. The van der Waals surface area contributed by atoms with Crippen molar-refractivity contribution in [1.29, 1.82) is 0 Å². The maximum Gasteiger partial charge on any atom is 0.132 e. The van der Waals surface area contributed by atoms with Gasteiger partial charge in [0.2, 0.25) is 0 Å². The fraction of sp³-hybridized carbons (Fsp3) is 0.727. The summed E-state index contributed by atoms with van der Waals surface area (Å²) in [6.07, 6.45) is 4.63. The van der Waals surface area contributed by atoms with Crippen molar-refractivity contribution in [3.05, 3.63) is 12.2 Å². The van der Waals surface area contributed by atoms with Gasteiger partial charge in [0.25, 0.3) is 0 Å². The van der Waals surface area contributed by atoms with Gasteiger partial charge < -0.3 is 4.74 Å². The number of allylic oxidation sites excluding steroid dienone is 1. The number of ether oxygens (including phenoxy) is 1. The van der Waals surface area contributed by atoms with E-state index in [1.54, 1.807) is 6.92 Å². The summed E-state index contributed by atoms with van der Waals surface area (Å²) in [6.45, 7) is 9.12. The Bertz CT molecular complexity index is 175. The molecule has 0 aromatic carbocycles. The largest absolute Gasteiger partial charge is 0.377 e. The molecule has 0 rings (SSSR count). The Labute approximate surface area is 81.0 Å². The van der Waals surface area contributed by atoms with E-state index in [4.69, 9.17) is 4.74 Å². The van der Waals surface area contributed by atoms with Gasteiger partial charge in [-0.05, 0) is 12.3 Å². The van der Waals surface area contributed by atoms with E-state index in [9.17, 15) is 4.79 Å². The van der Waals surface area contributed by atoms with E-state index in [1.807, 2.05) is 6.08 Å². The van der Waals surface area contributed by atoms with E-state index >= 15 is 0 Å². The Kier molecular flexibility index (Phi) is 5.63. The predicted octanol–water partition coefficient (Wildman–Crippen LogP) is 2.58. The number of ketones is 1. The minimum Gasteiger partial charge on any atom is -0.377 e. The Morgan fingerprint density at radius 2 is 2.00 bits per heavy atom. The van der Waals surface area contributed by atoms with Crippen molar-refractivity contribution in [3.63, 3.8) is 0 Å². The Morgan fingerprint density at radius 3 is 2.46 bits per heavy atom. The monoisotopic (exact) mass is 184 g/mol. The van der Waals surface area contributed by atoms with Crippen LogP contribution in [0.3, 0.4) is 0 Å². The van der Waals surface area contributed by atoms with Crippen LogP contribution < -0.4 is 0 Å². The van der Waals surface area contributed by atoms with Gasteiger partial charge in [-0.2, -0.15) is 0 Å². The fourth-order valence-corrected chi connectivity index (χ4v) is 0.769. The van der Waals surface area contributed by atoms with Crippen LogP contribution in [0.25, 0.3) is 0 Å². The van der Waals surface area contributed by atoms with Crippen LogP contribution in [-0.4, -0.2) is 19.0 Å². The van der Waals surface area contributed by atoms with E-state index in [2.05, 4.69) is 26.8 Å². The number of hydrogen-bond donors (Lipinski definition) is 0. The topological polar surface area (TPSA) is 26.3 Å². The molecule has 0 radical (unpaired) electrons. The van der Waals surface area contributed by atoms with Gasteiger partial charge in [-0.3, -0.25) is 4.79 Å². The molecule has 0 saturated heterocycles. The van der Waals surface area contributed by atoms with Crippen molar-refractivity contribution in [3.8, 4) is 0 Å². The average Bonchev–Trinajstić information content (AvgIpc) is 1.93. The lowest BCUT2D eigenvalue weighted by Gasteiger charge is -2.10. The zero-order chi connectivity index (χ0) is 10.3. The van der Waals surface area contributed by atoms with Crippen LogP contribution in [0.1, 0.15) is 34.1 Å². The first-order valence-electron chi connectivity index (χ1n) is 4.67. The van der Waals surface area contributed by atoms with Gasteiger partial charge in [-0.25, -0.2) is 0 Å². The number of hydrogen-bond acceptors (Lipinski definition) is 2. The maximum atomic E-state index is 10.5. The van der Waals surface area contributed by atoms with E-state index in [0.717, 1.165) is 0 Å². The van der Waals surface area contributed by atoms with Gasteiger partial charge in [0, 0.05) is 6.42 Å². The minimum atomic E-state index is 0.180. The van der Waals surface area contributed by atoms with Crippen molar-refractivity contribution in [1.82, 2.24) is 0 Å². The highest BCUT2D eigenvalue weighted by Crippen LogP contribution is 2.13. The van der Waals surface area contributed by atoms with Gasteiger partial charge in [-0.1, -0.05) is 32.9 Å². The molecule has 0 saturated carbocycles. The molecule has 2 heteroatoms. The summed E-state index contributed by atoms with van der Waals surface area (Å²) in [6, 6.07) is 0. The Hall–Kier alpha value is -0.630. The molecule has 13 heavy (non-hydrogen) atoms. The lowest BCUT2D eigenvalue weighted by atomic mass is 9.96. The van der Waals surface area contributed by atoms with Crippen LogP contribution in [0.15, 0.2) is 12.2 Å². The third-order valence-corrected chi connectivity index (χ3v) is 1.43. The molecule has 76 valence electrons. The van der Waals surface area contributed by atoms with Gasteiger partial charge in [-0.15, -0.1) is 0 Å². The third kappa shape index (κ3) is 11.4. The zero-order valence-corrected chi connectivity index (χ0v) is 9.09. The predicted molar refractivity (Wildman–Crippen MR) is 54.7 cm³/mol. The summed E-state index contributed by atoms with van der Waals surface area (Å²) in [7, 11) is 0. The van der Waals surface area contributed by atoms with Gasteiger partial charge in [0.15, 0.2) is 0 Å². The first kappa shape index (κ1) is 12.4. The number of carbonyl (C=O) groups excluding carboxylic acids is 1. The summed E-state index contributed by atoms with van der Waals surface area (Å²) < 4.78 is 5.23. The second kappa shape index (κ2) is 5.92. The quantitative estimate of drug-likeness (QED) is 0.485. The van der Waals surface area contributed by atoms with Gasteiger partial charge >= 0.3 is 0 Å². The third-order valence-electron chi connectivity index (χ3n) is 1.43. The summed E-state index contributed by atoms with van der Waals surface area (Å²) >= 11 is 0. The smallest absolute Gasteiger partial charge is 0.132 e. The maximum absolute atomic E-state index is 10.5. The van der Waals surface area contributed by atoms with Crippen LogP contribution in [0.4, 0.5) is 0 Å². The molecule has 0 spiro atoms. The second-order valence-electron chi connectivity index (χ2n) is 4.30. The number of carbonyl (C=O) groups is 1. The molecule has 0 N–H and O–H groups in total. The molecule has 0 bridgehead atoms. The summed E-state index contributed by atoms with van der Waals surface area (Å²) in [4.78, 5) is 10.5. The van der Waals surface area contributed by atoms with Crippen LogP contribution in [0.2, 0.25) is 0 Å². The van der Waals surface area contributed by atoms with E-state index < -0.39 is 0 Å². The Balaban J connectivity index is 3.36. The Morgan fingerprint density at radius 1 is 1.38 bits per heavy atom. The highest BCUT2D eigenvalue weighted by Gasteiger charge is 2.02. The standard InChI is InChI=1S/C11H20O2/c1-10(12)6-9-13-8-5-7-11(2,3)4/h5,7H,6,8-9H2,1-4H3/b7-5+. The molecule has 0 amide bonds. The molecule has 2 nitrogen and oxygen atoms in total. The molecular formula is C11H20O2. The number of rotatable bonds is 5. The van der Waals surface area contributed by atoms with Crippen molar-refractivity contribution < 1.29 is 9.53 Å². The molecule has 0 fully saturated rings. The molecule has 0 aliphatic carbocycles. The van der Waals surface area contributed by atoms with Crippen molar-refractivity contribution in [2.45, 2.75) is 34.1 Å². The van der Waals surface area contributed by atoms with Crippen LogP contribution in [0, 0.1) is 5.41 Å². The normalized spacial score (nSPS) is 12.3.